The Kier molecular flexibility index (Phi) is 2.27. The summed E-state index contributed by atoms with van der Waals surface area (Å²) in [6.07, 6.45) is 2.09. The third-order valence-electron chi connectivity index (χ3n) is 1.87. The van der Waals surface area contributed by atoms with Crippen molar-refractivity contribution in [2.45, 2.75) is 18.9 Å². The molecule has 1 aliphatic rings. The van der Waals surface area contributed by atoms with Gasteiger partial charge < -0.3 is 10.6 Å². The Morgan fingerprint density at radius 1 is 1.80 bits per heavy atom. The molecule has 1 aliphatic heterocycles. The van der Waals surface area contributed by atoms with E-state index in [1.165, 1.54) is 0 Å². The van der Waals surface area contributed by atoms with Crippen LogP contribution < -0.4 is 5.73 Å². The molecule has 0 spiro atoms. The number of carbonyl (C=O) groups excluding carboxylic acids is 1. The lowest BCUT2D eigenvalue weighted by Crippen LogP contribution is -2.38. The minimum Gasteiger partial charge on any atom is -0.339 e. The van der Waals surface area contributed by atoms with Crippen LogP contribution in [0, 0.1) is 6.92 Å². The van der Waals surface area contributed by atoms with Gasteiger partial charge in [-0.2, -0.15) is 0 Å². The Morgan fingerprint density at radius 3 is 2.90 bits per heavy atom. The topological polar surface area (TPSA) is 46.3 Å². The minimum atomic E-state index is 0.0255. The molecule has 1 unspecified atom stereocenters. The predicted octanol–water partition coefficient (Wildman–Crippen LogP) is -0.230. The van der Waals surface area contributed by atoms with Crippen LogP contribution in [-0.2, 0) is 4.79 Å². The van der Waals surface area contributed by atoms with Gasteiger partial charge in [0.15, 0.2) is 0 Å². The lowest BCUT2D eigenvalue weighted by atomic mass is 10.2. The summed E-state index contributed by atoms with van der Waals surface area (Å²) in [7, 11) is 0. The van der Waals surface area contributed by atoms with Crippen LogP contribution in [0.5, 0.6) is 0 Å². The second kappa shape index (κ2) is 3.01. The van der Waals surface area contributed by atoms with Crippen LogP contribution in [0.2, 0.25) is 0 Å². The number of likely N-dealkylation sites (tertiary alicyclic amines) is 1. The number of hydrogen-bond acceptors (Lipinski definition) is 2. The summed E-state index contributed by atoms with van der Waals surface area (Å²) >= 11 is 0. The maximum atomic E-state index is 11.0. The van der Waals surface area contributed by atoms with Crippen LogP contribution >= 0.6 is 0 Å². The van der Waals surface area contributed by atoms with E-state index in [1.54, 1.807) is 4.90 Å². The first-order valence-corrected chi connectivity index (χ1v) is 3.58. The molecule has 3 heteroatoms. The molecule has 1 fully saturated rings. The van der Waals surface area contributed by atoms with Crippen LogP contribution in [0.3, 0.4) is 0 Å². The van der Waals surface area contributed by atoms with Crippen LogP contribution in [0.1, 0.15) is 12.8 Å². The van der Waals surface area contributed by atoms with E-state index >= 15 is 0 Å². The summed E-state index contributed by atoms with van der Waals surface area (Å²) in [6, 6.07) is 0.163. The second-order valence-electron chi connectivity index (χ2n) is 2.59. The number of nitrogens with two attached hydrogens (primary N) is 1. The smallest absolute Gasteiger partial charge is 0.236 e. The van der Waals surface area contributed by atoms with E-state index in [0.29, 0.717) is 0 Å². The molecular formula is C7H13N2O. The number of rotatable bonds is 1. The Bertz CT molecular complexity index is 136. The van der Waals surface area contributed by atoms with Gasteiger partial charge in [-0.25, -0.2) is 0 Å². The third kappa shape index (κ3) is 1.29. The van der Waals surface area contributed by atoms with Gasteiger partial charge in [-0.3, -0.25) is 4.79 Å². The molecule has 1 heterocycles. The van der Waals surface area contributed by atoms with Gasteiger partial charge >= 0.3 is 0 Å². The van der Waals surface area contributed by atoms with Gasteiger partial charge in [0.2, 0.25) is 5.91 Å². The van der Waals surface area contributed by atoms with E-state index in [9.17, 15) is 4.79 Å². The first-order chi connectivity index (χ1) is 4.75. The highest BCUT2D eigenvalue weighted by Gasteiger charge is 2.23. The average molecular weight is 141 g/mol. The second-order valence-corrected chi connectivity index (χ2v) is 2.59. The number of amides is 1. The quantitative estimate of drug-likeness (QED) is 0.548. The number of hydrogen-bond donors (Lipinski definition) is 1. The average Bonchev–Trinajstić information content (AvgIpc) is 2.34. The molecule has 57 valence electrons. The van der Waals surface area contributed by atoms with Crippen LogP contribution in [0.25, 0.3) is 0 Å². The molecule has 0 aromatic carbocycles. The zero-order valence-corrected chi connectivity index (χ0v) is 6.05. The Labute approximate surface area is 61.2 Å². The maximum absolute atomic E-state index is 11.0. The molecule has 10 heavy (non-hydrogen) atoms. The fraction of sp³-hybridized carbons (Fsp3) is 0.714. The molecule has 2 N–H and O–H groups in total. The number of nitrogens with zero attached hydrogens (tertiary/aromatic N) is 1. The van der Waals surface area contributed by atoms with Gasteiger partial charge in [0.05, 0.1) is 6.54 Å². The Balaban J connectivity index is 2.46. The maximum Gasteiger partial charge on any atom is 0.236 e. The van der Waals surface area contributed by atoms with Crippen LogP contribution in [-0.4, -0.2) is 29.9 Å². The summed E-state index contributed by atoms with van der Waals surface area (Å²) in [5, 5.41) is 0. The van der Waals surface area contributed by atoms with Gasteiger partial charge in [-0.05, 0) is 19.8 Å². The first kappa shape index (κ1) is 7.54. The van der Waals surface area contributed by atoms with Crippen molar-refractivity contribution in [3.05, 3.63) is 6.92 Å². The van der Waals surface area contributed by atoms with Gasteiger partial charge in [-0.1, -0.05) is 0 Å². The standard InChI is InChI=1S/C7H13N2O/c1-6-3-2-4-9(6)7(10)5-8/h6H,1-5,8H2. The summed E-state index contributed by atoms with van der Waals surface area (Å²) in [4.78, 5) is 12.7. The molecule has 0 bridgehead atoms. The Morgan fingerprint density at radius 2 is 2.50 bits per heavy atom. The molecular weight excluding hydrogens is 128 g/mol. The molecule has 0 aromatic heterocycles. The van der Waals surface area contributed by atoms with Crippen molar-refractivity contribution in [2.24, 2.45) is 5.73 Å². The zero-order chi connectivity index (χ0) is 7.56. The van der Waals surface area contributed by atoms with E-state index < -0.39 is 0 Å². The van der Waals surface area contributed by atoms with Gasteiger partial charge in [0, 0.05) is 12.6 Å². The van der Waals surface area contributed by atoms with Gasteiger partial charge in [-0.15, -0.1) is 0 Å². The van der Waals surface area contributed by atoms with Crippen molar-refractivity contribution in [1.29, 1.82) is 0 Å². The molecule has 1 saturated heterocycles. The Hall–Kier alpha value is -0.570. The summed E-state index contributed by atoms with van der Waals surface area (Å²) < 4.78 is 0. The van der Waals surface area contributed by atoms with Crippen molar-refractivity contribution in [3.63, 3.8) is 0 Å². The molecule has 3 nitrogen and oxygen atoms in total. The fourth-order valence-electron chi connectivity index (χ4n) is 1.28. The summed E-state index contributed by atoms with van der Waals surface area (Å²) in [5.41, 5.74) is 5.20. The van der Waals surface area contributed by atoms with Gasteiger partial charge in [0.25, 0.3) is 0 Å². The lowest BCUT2D eigenvalue weighted by molar-refractivity contribution is -0.129. The molecule has 1 radical (unpaired) electrons. The van der Waals surface area contributed by atoms with E-state index in [4.69, 9.17) is 5.73 Å². The molecule has 1 atom stereocenters. The van der Waals surface area contributed by atoms with Gasteiger partial charge in [0.1, 0.15) is 0 Å². The lowest BCUT2D eigenvalue weighted by Gasteiger charge is -2.19. The molecule has 0 aliphatic carbocycles. The minimum absolute atomic E-state index is 0.0255. The fourth-order valence-corrected chi connectivity index (χ4v) is 1.28. The van der Waals surface area contributed by atoms with Crippen LogP contribution in [0.4, 0.5) is 0 Å². The highest BCUT2D eigenvalue weighted by Crippen LogP contribution is 2.15. The molecule has 1 rings (SSSR count). The summed E-state index contributed by atoms with van der Waals surface area (Å²) in [6.45, 7) is 4.79. The van der Waals surface area contributed by atoms with Crippen molar-refractivity contribution in [1.82, 2.24) is 4.90 Å². The van der Waals surface area contributed by atoms with Crippen molar-refractivity contribution in [3.8, 4) is 0 Å². The number of carbonyl (C=O) groups is 1. The van der Waals surface area contributed by atoms with Crippen molar-refractivity contribution < 1.29 is 4.79 Å². The van der Waals surface area contributed by atoms with Crippen molar-refractivity contribution in [2.75, 3.05) is 13.1 Å². The molecule has 1 amide bonds. The monoisotopic (exact) mass is 141 g/mol. The van der Waals surface area contributed by atoms with Crippen molar-refractivity contribution >= 4 is 5.91 Å². The predicted molar refractivity (Wildman–Crippen MR) is 39.1 cm³/mol. The third-order valence-corrected chi connectivity index (χ3v) is 1.87. The molecule has 0 aromatic rings. The van der Waals surface area contributed by atoms with Crippen LogP contribution in [0.15, 0.2) is 0 Å². The molecule has 0 saturated carbocycles. The van der Waals surface area contributed by atoms with E-state index in [1.807, 2.05) is 0 Å². The van der Waals surface area contributed by atoms with E-state index in [2.05, 4.69) is 6.92 Å². The van der Waals surface area contributed by atoms with E-state index in [0.717, 1.165) is 19.4 Å². The summed E-state index contributed by atoms with van der Waals surface area (Å²) in [5.74, 6) is 0.0255. The SMILES string of the molecule is [CH2]C1CCCN1C(=O)CN. The van der Waals surface area contributed by atoms with E-state index in [-0.39, 0.29) is 18.5 Å². The highest BCUT2D eigenvalue weighted by atomic mass is 16.2. The zero-order valence-electron chi connectivity index (χ0n) is 6.05. The largest absolute Gasteiger partial charge is 0.339 e. The highest BCUT2D eigenvalue weighted by molar-refractivity contribution is 5.78. The first-order valence-electron chi connectivity index (χ1n) is 3.58. The normalized spacial score (nSPS) is 25.4.